The lowest BCUT2D eigenvalue weighted by molar-refractivity contribution is 0.0949. The highest BCUT2D eigenvalue weighted by atomic mass is 19.1. The first-order valence-corrected chi connectivity index (χ1v) is 9.12. The number of piperazine rings is 1. The number of hydrogen-bond donors (Lipinski definition) is 1. The van der Waals surface area contributed by atoms with E-state index in [0.717, 1.165) is 38.4 Å². The number of anilines is 1. The Kier molecular flexibility index (Phi) is 6.17. The van der Waals surface area contributed by atoms with Crippen LogP contribution in [0.3, 0.4) is 0 Å². The number of benzene rings is 1. The molecule has 0 bridgehead atoms. The van der Waals surface area contributed by atoms with E-state index in [0.29, 0.717) is 24.2 Å². The summed E-state index contributed by atoms with van der Waals surface area (Å²) >= 11 is 0. The molecule has 0 spiro atoms. The number of carbonyl (C=O) groups is 1. The van der Waals surface area contributed by atoms with Gasteiger partial charge in [-0.05, 0) is 36.7 Å². The van der Waals surface area contributed by atoms with Crippen LogP contribution in [0.15, 0.2) is 42.6 Å². The highest BCUT2D eigenvalue weighted by Gasteiger charge is 2.17. The van der Waals surface area contributed by atoms with Crippen molar-refractivity contribution in [2.45, 2.75) is 13.3 Å². The van der Waals surface area contributed by atoms with E-state index in [1.807, 2.05) is 12.1 Å². The molecule has 1 N–H and O–H groups in total. The zero-order valence-corrected chi connectivity index (χ0v) is 15.1. The number of halogens is 1. The summed E-state index contributed by atoms with van der Waals surface area (Å²) in [7, 11) is 0. The molecule has 0 aliphatic carbocycles. The standard InChI is InChI=1S/C20H25FN4O/c1-2-24-11-13-25(14-12-24)17-8-10-22-19(15-17)20(26)23-9-7-16-5-3-4-6-18(16)21/h3-6,8,10,15H,2,7,9,11-14H2,1H3,(H,23,26). The Morgan fingerprint density at radius 1 is 1.19 bits per heavy atom. The van der Waals surface area contributed by atoms with Gasteiger partial charge < -0.3 is 15.1 Å². The molecule has 5 nitrogen and oxygen atoms in total. The molecule has 1 aromatic carbocycles. The van der Waals surface area contributed by atoms with E-state index in [1.165, 1.54) is 6.07 Å². The van der Waals surface area contributed by atoms with Gasteiger partial charge in [0.25, 0.3) is 5.91 Å². The summed E-state index contributed by atoms with van der Waals surface area (Å²) < 4.78 is 13.6. The molecular weight excluding hydrogens is 331 g/mol. The summed E-state index contributed by atoms with van der Waals surface area (Å²) in [6.07, 6.45) is 2.13. The van der Waals surface area contributed by atoms with Crippen LogP contribution in [0.2, 0.25) is 0 Å². The number of aromatic nitrogens is 1. The van der Waals surface area contributed by atoms with Gasteiger partial charge in [-0.2, -0.15) is 0 Å². The molecule has 1 aromatic heterocycles. The molecular formula is C20H25FN4O. The van der Waals surface area contributed by atoms with Gasteiger partial charge in [0.15, 0.2) is 0 Å². The SMILES string of the molecule is CCN1CCN(c2ccnc(C(=O)NCCc3ccccc3F)c2)CC1. The van der Waals surface area contributed by atoms with Crippen LogP contribution in [-0.4, -0.2) is 55.1 Å². The number of rotatable bonds is 6. The number of nitrogens with one attached hydrogen (secondary N) is 1. The van der Waals surface area contributed by atoms with Gasteiger partial charge in [0.1, 0.15) is 11.5 Å². The first-order valence-electron chi connectivity index (χ1n) is 9.12. The summed E-state index contributed by atoms with van der Waals surface area (Å²) in [5, 5.41) is 2.83. The first kappa shape index (κ1) is 18.3. The lowest BCUT2D eigenvalue weighted by Crippen LogP contribution is -2.46. The molecule has 1 amide bonds. The van der Waals surface area contributed by atoms with Crippen molar-refractivity contribution in [1.82, 2.24) is 15.2 Å². The normalized spacial score (nSPS) is 15.1. The predicted octanol–water partition coefficient (Wildman–Crippen LogP) is 2.34. The maximum absolute atomic E-state index is 13.6. The van der Waals surface area contributed by atoms with Crippen LogP contribution in [-0.2, 0) is 6.42 Å². The lowest BCUT2D eigenvalue weighted by Gasteiger charge is -2.35. The van der Waals surface area contributed by atoms with Crippen molar-refractivity contribution < 1.29 is 9.18 Å². The average Bonchev–Trinajstić information content (AvgIpc) is 2.69. The molecule has 26 heavy (non-hydrogen) atoms. The van der Waals surface area contributed by atoms with Crippen LogP contribution in [0.1, 0.15) is 23.0 Å². The summed E-state index contributed by atoms with van der Waals surface area (Å²) in [5.74, 6) is -0.469. The maximum atomic E-state index is 13.6. The zero-order valence-electron chi connectivity index (χ0n) is 15.1. The Morgan fingerprint density at radius 2 is 1.96 bits per heavy atom. The summed E-state index contributed by atoms with van der Waals surface area (Å²) in [5.41, 5.74) is 2.02. The summed E-state index contributed by atoms with van der Waals surface area (Å²) in [4.78, 5) is 21.2. The quantitative estimate of drug-likeness (QED) is 0.863. The van der Waals surface area contributed by atoms with E-state index < -0.39 is 0 Å². The number of likely N-dealkylation sites (N-methyl/N-ethyl adjacent to an activating group) is 1. The molecule has 0 unspecified atom stereocenters. The first-order chi connectivity index (χ1) is 12.7. The molecule has 3 rings (SSSR count). The van der Waals surface area contributed by atoms with Crippen LogP contribution in [0.4, 0.5) is 10.1 Å². The Morgan fingerprint density at radius 3 is 2.69 bits per heavy atom. The minimum Gasteiger partial charge on any atom is -0.369 e. The van der Waals surface area contributed by atoms with Crippen molar-refractivity contribution in [3.63, 3.8) is 0 Å². The second kappa shape index (κ2) is 8.76. The predicted molar refractivity (Wildman–Crippen MR) is 101 cm³/mol. The highest BCUT2D eigenvalue weighted by Crippen LogP contribution is 2.17. The maximum Gasteiger partial charge on any atom is 0.269 e. The smallest absolute Gasteiger partial charge is 0.269 e. The summed E-state index contributed by atoms with van der Waals surface area (Å²) in [6.45, 7) is 7.58. The van der Waals surface area contributed by atoms with Crippen molar-refractivity contribution in [2.24, 2.45) is 0 Å². The Bertz CT molecular complexity index is 744. The molecule has 1 saturated heterocycles. The molecule has 0 saturated carbocycles. The van der Waals surface area contributed by atoms with E-state index in [9.17, 15) is 9.18 Å². The fraction of sp³-hybridized carbons (Fsp3) is 0.400. The number of carbonyl (C=O) groups excluding carboxylic acids is 1. The van der Waals surface area contributed by atoms with Gasteiger partial charge in [0.2, 0.25) is 0 Å². The Labute approximate surface area is 153 Å². The fourth-order valence-corrected chi connectivity index (χ4v) is 3.16. The van der Waals surface area contributed by atoms with Crippen LogP contribution < -0.4 is 10.2 Å². The Hall–Kier alpha value is -2.47. The van der Waals surface area contributed by atoms with Gasteiger partial charge in [0, 0.05) is 44.6 Å². The van der Waals surface area contributed by atoms with Gasteiger partial charge in [-0.1, -0.05) is 25.1 Å². The van der Waals surface area contributed by atoms with Crippen molar-refractivity contribution in [3.8, 4) is 0 Å². The zero-order chi connectivity index (χ0) is 18.4. The van der Waals surface area contributed by atoms with Crippen molar-refractivity contribution in [1.29, 1.82) is 0 Å². The molecule has 1 fully saturated rings. The molecule has 6 heteroatoms. The third-order valence-electron chi connectivity index (χ3n) is 4.80. The van der Waals surface area contributed by atoms with E-state index in [-0.39, 0.29) is 11.7 Å². The van der Waals surface area contributed by atoms with Crippen molar-refractivity contribution >= 4 is 11.6 Å². The molecule has 2 heterocycles. The largest absolute Gasteiger partial charge is 0.369 e. The molecule has 2 aromatic rings. The second-order valence-corrected chi connectivity index (χ2v) is 6.42. The lowest BCUT2D eigenvalue weighted by atomic mass is 10.1. The molecule has 0 atom stereocenters. The van der Waals surface area contributed by atoms with Crippen LogP contribution >= 0.6 is 0 Å². The summed E-state index contributed by atoms with van der Waals surface area (Å²) in [6, 6.07) is 10.4. The number of amides is 1. The highest BCUT2D eigenvalue weighted by molar-refractivity contribution is 5.93. The van der Waals surface area contributed by atoms with Gasteiger partial charge in [0.05, 0.1) is 0 Å². The Balaban J connectivity index is 1.56. The van der Waals surface area contributed by atoms with Gasteiger partial charge in [-0.15, -0.1) is 0 Å². The van der Waals surface area contributed by atoms with E-state index in [1.54, 1.807) is 24.4 Å². The molecule has 1 aliphatic rings. The van der Waals surface area contributed by atoms with Crippen LogP contribution in [0, 0.1) is 5.82 Å². The van der Waals surface area contributed by atoms with Crippen molar-refractivity contribution in [3.05, 3.63) is 59.7 Å². The molecule has 1 aliphatic heterocycles. The molecule has 0 radical (unpaired) electrons. The van der Waals surface area contributed by atoms with E-state index in [2.05, 4.69) is 27.0 Å². The van der Waals surface area contributed by atoms with Gasteiger partial charge >= 0.3 is 0 Å². The topological polar surface area (TPSA) is 48.5 Å². The minimum atomic E-state index is -0.243. The average molecular weight is 356 g/mol. The molecule has 138 valence electrons. The third-order valence-corrected chi connectivity index (χ3v) is 4.80. The van der Waals surface area contributed by atoms with Crippen LogP contribution in [0.5, 0.6) is 0 Å². The van der Waals surface area contributed by atoms with E-state index >= 15 is 0 Å². The number of pyridine rings is 1. The fourth-order valence-electron chi connectivity index (χ4n) is 3.16. The minimum absolute atomic E-state index is 0.226. The van der Waals surface area contributed by atoms with Gasteiger partial charge in [-0.3, -0.25) is 9.78 Å². The van der Waals surface area contributed by atoms with E-state index in [4.69, 9.17) is 0 Å². The third kappa shape index (κ3) is 4.58. The van der Waals surface area contributed by atoms with Gasteiger partial charge in [-0.25, -0.2) is 4.39 Å². The number of nitrogens with zero attached hydrogens (tertiary/aromatic N) is 3. The second-order valence-electron chi connectivity index (χ2n) is 6.42. The van der Waals surface area contributed by atoms with Crippen molar-refractivity contribution in [2.75, 3.05) is 44.2 Å². The monoisotopic (exact) mass is 356 g/mol. The number of hydrogen-bond acceptors (Lipinski definition) is 4. The van der Waals surface area contributed by atoms with Crippen LogP contribution in [0.25, 0.3) is 0 Å².